The third-order valence-electron chi connectivity index (χ3n) is 5.83. The minimum Gasteiger partial charge on any atom is -0.469 e. The minimum absolute atomic E-state index is 0.306. The first kappa shape index (κ1) is 21.4. The Bertz CT molecular complexity index is 1290. The van der Waals surface area contributed by atoms with E-state index in [1.165, 1.54) is 6.20 Å². The monoisotopic (exact) mass is 458 g/mol. The number of rotatable bonds is 5. The summed E-state index contributed by atoms with van der Waals surface area (Å²) < 4.78 is 27.0. The van der Waals surface area contributed by atoms with E-state index in [0.717, 1.165) is 16.7 Å². The molecule has 0 aliphatic carbocycles. The highest BCUT2D eigenvalue weighted by Gasteiger charge is 2.40. The van der Waals surface area contributed by atoms with Gasteiger partial charge in [-0.25, -0.2) is 14.0 Å². The van der Waals surface area contributed by atoms with Gasteiger partial charge in [0.25, 0.3) is 0 Å². The molecule has 0 fully saturated rings. The van der Waals surface area contributed by atoms with E-state index in [9.17, 15) is 4.21 Å². The minimum atomic E-state index is -3.43. The second kappa shape index (κ2) is 7.86. The highest BCUT2D eigenvalue weighted by molar-refractivity contribution is 7.91. The Morgan fingerprint density at radius 1 is 0.909 bits per heavy atom. The molecular formula is C26H26N4O2S. The lowest BCUT2D eigenvalue weighted by Crippen LogP contribution is -2.31. The van der Waals surface area contributed by atoms with Crippen LogP contribution in [0.25, 0.3) is 0 Å². The SMILES string of the molecule is CC1(C)Cn2ncc([S@](N)(=O)=NC(c3ccccc3)(c3ccccc3)c3ccccc3)c2O1. The van der Waals surface area contributed by atoms with Crippen LogP contribution >= 0.6 is 0 Å². The second-order valence-corrected chi connectivity index (χ2v) is 10.6. The summed E-state index contributed by atoms with van der Waals surface area (Å²) in [5.74, 6) is 0.416. The lowest BCUT2D eigenvalue weighted by Gasteiger charge is -2.32. The van der Waals surface area contributed by atoms with Gasteiger partial charge in [0.15, 0.2) is 0 Å². The van der Waals surface area contributed by atoms with Crippen LogP contribution in [0.5, 0.6) is 5.88 Å². The number of aromatic nitrogens is 2. The van der Waals surface area contributed by atoms with E-state index in [0.29, 0.717) is 17.3 Å². The van der Waals surface area contributed by atoms with Crippen molar-refractivity contribution in [2.24, 2.45) is 9.50 Å². The normalized spacial score (nSPS) is 16.5. The topological polar surface area (TPSA) is 82.5 Å². The summed E-state index contributed by atoms with van der Waals surface area (Å²) in [6.07, 6.45) is 1.52. The average Bonchev–Trinajstić information content (AvgIpc) is 3.34. The smallest absolute Gasteiger partial charge is 0.231 e. The standard InChI is InChI=1S/C26H26N4O2S/c1-25(2)19-30-24(32-25)23(18-28-30)33(27,31)29-26(20-12-6-3-7-13-20,21-14-8-4-9-15-21)22-16-10-5-11-17-22/h3-18H,19H2,1-2H3,(H2,27,29,31)/t33-/m1/s1. The summed E-state index contributed by atoms with van der Waals surface area (Å²) in [4.78, 5) is 0.306. The van der Waals surface area contributed by atoms with Crippen molar-refractivity contribution in [3.63, 3.8) is 0 Å². The molecule has 1 aliphatic rings. The van der Waals surface area contributed by atoms with E-state index in [2.05, 4.69) is 5.10 Å². The van der Waals surface area contributed by atoms with Crippen LogP contribution in [0.2, 0.25) is 0 Å². The summed E-state index contributed by atoms with van der Waals surface area (Å²) in [5.41, 5.74) is 1.05. The zero-order valence-electron chi connectivity index (χ0n) is 18.6. The van der Waals surface area contributed by atoms with E-state index in [-0.39, 0.29) is 0 Å². The molecule has 0 saturated heterocycles. The first-order chi connectivity index (χ1) is 15.8. The van der Waals surface area contributed by atoms with Crippen molar-refractivity contribution in [2.75, 3.05) is 0 Å². The molecule has 4 aromatic rings. The van der Waals surface area contributed by atoms with Crippen LogP contribution < -0.4 is 9.88 Å². The fourth-order valence-electron chi connectivity index (χ4n) is 4.38. The van der Waals surface area contributed by atoms with Gasteiger partial charge in [-0.15, -0.1) is 0 Å². The Kier molecular flexibility index (Phi) is 5.11. The van der Waals surface area contributed by atoms with E-state index >= 15 is 0 Å². The number of benzene rings is 3. The number of hydrogen-bond acceptors (Lipinski definition) is 4. The van der Waals surface area contributed by atoms with Gasteiger partial charge >= 0.3 is 0 Å². The predicted molar refractivity (Wildman–Crippen MR) is 129 cm³/mol. The van der Waals surface area contributed by atoms with Gasteiger partial charge in [-0.2, -0.15) is 9.46 Å². The van der Waals surface area contributed by atoms with Crippen LogP contribution in [0.3, 0.4) is 0 Å². The molecule has 5 rings (SSSR count). The maximum Gasteiger partial charge on any atom is 0.231 e. The van der Waals surface area contributed by atoms with Gasteiger partial charge in [0.1, 0.15) is 26.0 Å². The van der Waals surface area contributed by atoms with Crippen molar-refractivity contribution in [2.45, 2.75) is 36.4 Å². The van der Waals surface area contributed by atoms with Gasteiger partial charge in [0, 0.05) is 0 Å². The average molecular weight is 459 g/mol. The van der Waals surface area contributed by atoms with Crippen molar-refractivity contribution >= 4 is 9.92 Å². The van der Waals surface area contributed by atoms with Gasteiger partial charge in [0.05, 0.1) is 12.7 Å². The molecule has 0 saturated carbocycles. The Morgan fingerprint density at radius 2 is 1.36 bits per heavy atom. The van der Waals surface area contributed by atoms with Crippen LogP contribution in [-0.2, 0) is 22.0 Å². The largest absolute Gasteiger partial charge is 0.469 e. The highest BCUT2D eigenvalue weighted by atomic mass is 32.2. The molecule has 0 unspecified atom stereocenters. The number of nitrogens with zero attached hydrogens (tertiary/aromatic N) is 3. The predicted octanol–water partition coefficient (Wildman–Crippen LogP) is 4.75. The molecule has 3 aromatic carbocycles. The van der Waals surface area contributed by atoms with E-state index in [1.54, 1.807) is 4.68 Å². The Labute approximate surface area is 194 Å². The molecule has 1 aliphatic heterocycles. The molecular weight excluding hydrogens is 432 g/mol. The second-order valence-electron chi connectivity index (χ2n) is 8.80. The summed E-state index contributed by atoms with van der Waals surface area (Å²) >= 11 is 0. The fraction of sp³-hybridized carbons (Fsp3) is 0.192. The van der Waals surface area contributed by atoms with Crippen LogP contribution in [-0.4, -0.2) is 19.6 Å². The molecule has 0 radical (unpaired) electrons. The number of ether oxygens (including phenoxy) is 1. The lowest BCUT2D eigenvalue weighted by molar-refractivity contribution is 0.132. The first-order valence-electron chi connectivity index (χ1n) is 10.8. The molecule has 1 aromatic heterocycles. The third kappa shape index (κ3) is 3.73. The van der Waals surface area contributed by atoms with Crippen molar-refractivity contribution in [3.8, 4) is 5.88 Å². The molecule has 1 atom stereocenters. The number of fused-ring (bicyclic) bond motifs is 1. The molecule has 0 amide bonds. The highest BCUT2D eigenvalue weighted by Crippen LogP contribution is 2.43. The van der Waals surface area contributed by atoms with Crippen LogP contribution in [0.15, 0.2) is 106 Å². The van der Waals surface area contributed by atoms with Crippen molar-refractivity contribution in [1.82, 2.24) is 9.78 Å². The molecule has 6 nitrogen and oxygen atoms in total. The molecule has 2 heterocycles. The van der Waals surface area contributed by atoms with Crippen LogP contribution in [0.4, 0.5) is 0 Å². The summed E-state index contributed by atoms with van der Waals surface area (Å²) in [6.45, 7) is 4.48. The van der Waals surface area contributed by atoms with Gasteiger partial charge in [-0.3, -0.25) is 0 Å². The van der Waals surface area contributed by atoms with Crippen LogP contribution in [0, 0.1) is 0 Å². The lowest BCUT2D eigenvalue weighted by atomic mass is 9.78. The summed E-state index contributed by atoms with van der Waals surface area (Å²) in [5, 5.41) is 10.9. The van der Waals surface area contributed by atoms with E-state index in [4.69, 9.17) is 14.2 Å². The molecule has 0 spiro atoms. The van der Waals surface area contributed by atoms with Crippen molar-refractivity contribution in [1.29, 1.82) is 0 Å². The molecule has 168 valence electrons. The molecule has 7 heteroatoms. The van der Waals surface area contributed by atoms with Crippen LogP contribution in [0.1, 0.15) is 30.5 Å². The van der Waals surface area contributed by atoms with Crippen molar-refractivity contribution in [3.05, 3.63) is 114 Å². The Morgan fingerprint density at radius 3 is 1.82 bits per heavy atom. The van der Waals surface area contributed by atoms with Gasteiger partial charge < -0.3 is 4.74 Å². The van der Waals surface area contributed by atoms with Gasteiger partial charge in [-0.05, 0) is 30.5 Å². The third-order valence-corrected chi connectivity index (χ3v) is 7.28. The fourth-order valence-corrected chi connectivity index (χ4v) is 5.79. The van der Waals surface area contributed by atoms with E-state index < -0.39 is 21.1 Å². The zero-order chi connectivity index (χ0) is 23.1. The number of hydrogen-bond donors (Lipinski definition) is 1. The summed E-state index contributed by atoms with van der Waals surface area (Å²) in [7, 11) is -3.43. The first-order valence-corrected chi connectivity index (χ1v) is 12.4. The maximum atomic E-state index is 14.2. The van der Waals surface area contributed by atoms with Gasteiger partial charge in [-0.1, -0.05) is 91.0 Å². The summed E-state index contributed by atoms with van der Waals surface area (Å²) in [6, 6.07) is 29.5. The van der Waals surface area contributed by atoms with E-state index in [1.807, 2.05) is 105 Å². The van der Waals surface area contributed by atoms with Gasteiger partial charge in [0.2, 0.25) is 5.88 Å². The molecule has 0 bridgehead atoms. The molecule has 33 heavy (non-hydrogen) atoms. The Balaban J connectivity index is 1.83. The molecule has 2 N–H and O–H groups in total. The zero-order valence-corrected chi connectivity index (χ0v) is 19.4. The Hall–Kier alpha value is -3.42. The maximum absolute atomic E-state index is 14.2. The number of nitrogens with two attached hydrogens (primary N) is 1. The van der Waals surface area contributed by atoms with Crippen molar-refractivity contribution < 1.29 is 8.95 Å². The quantitative estimate of drug-likeness (QED) is 0.438.